The number of benzene rings is 3. The van der Waals surface area contributed by atoms with Crippen molar-refractivity contribution >= 4 is 34.0 Å². The van der Waals surface area contributed by atoms with E-state index in [0.29, 0.717) is 0 Å². The van der Waals surface area contributed by atoms with E-state index >= 15 is 0 Å². The number of hydrogen-bond donors (Lipinski definition) is 2. The van der Waals surface area contributed by atoms with Crippen LogP contribution >= 0.6 is 0 Å². The highest BCUT2D eigenvalue weighted by Gasteiger charge is 2.19. The highest BCUT2D eigenvalue weighted by atomic mass is 16.2. The molecule has 2 N–H and O–H groups in total. The summed E-state index contributed by atoms with van der Waals surface area (Å²) in [6.45, 7) is 5.65. The van der Waals surface area contributed by atoms with Gasteiger partial charge in [0.1, 0.15) is 6.04 Å². The van der Waals surface area contributed by atoms with E-state index in [2.05, 4.69) is 28.8 Å². The fourth-order valence-corrected chi connectivity index (χ4v) is 3.31. The van der Waals surface area contributed by atoms with E-state index in [9.17, 15) is 9.59 Å². The van der Waals surface area contributed by atoms with Gasteiger partial charge in [0.2, 0.25) is 11.8 Å². The second-order valence-corrected chi connectivity index (χ2v) is 7.35. The maximum absolute atomic E-state index is 12.6. The Morgan fingerprint density at radius 3 is 2.28 bits per heavy atom. The Morgan fingerprint density at radius 2 is 1.59 bits per heavy atom. The summed E-state index contributed by atoms with van der Waals surface area (Å²) in [7, 11) is 1.88. The van der Waals surface area contributed by atoms with Crippen molar-refractivity contribution in [1.29, 1.82) is 0 Å². The molecule has 150 valence electrons. The van der Waals surface area contributed by atoms with Crippen LogP contribution in [0.3, 0.4) is 0 Å². The number of fused-ring (bicyclic) bond motifs is 1. The number of nitrogens with one attached hydrogen (secondary N) is 2. The average molecular weight is 389 g/mol. The Balaban J connectivity index is 1.60. The molecule has 3 aromatic carbocycles. The summed E-state index contributed by atoms with van der Waals surface area (Å²) >= 11 is 0. The zero-order valence-corrected chi connectivity index (χ0v) is 17.3. The quantitative estimate of drug-likeness (QED) is 0.669. The predicted molar refractivity (Wildman–Crippen MR) is 119 cm³/mol. The van der Waals surface area contributed by atoms with Gasteiger partial charge in [0, 0.05) is 18.4 Å². The van der Waals surface area contributed by atoms with Gasteiger partial charge in [0.25, 0.3) is 0 Å². The summed E-state index contributed by atoms with van der Waals surface area (Å²) in [5, 5.41) is 7.90. The van der Waals surface area contributed by atoms with Crippen LogP contribution in [0.4, 0.5) is 11.4 Å². The number of nitrogens with zero attached hydrogens (tertiary/aromatic N) is 1. The maximum atomic E-state index is 12.6. The molecule has 0 saturated carbocycles. The Hall–Kier alpha value is -3.34. The summed E-state index contributed by atoms with van der Waals surface area (Å²) in [6, 6.07) is 19.7. The van der Waals surface area contributed by atoms with Gasteiger partial charge in [-0.25, -0.2) is 0 Å². The molecule has 5 nitrogen and oxygen atoms in total. The predicted octanol–water partition coefficient (Wildman–Crippen LogP) is 4.04. The molecule has 3 rings (SSSR count). The summed E-state index contributed by atoms with van der Waals surface area (Å²) in [5.41, 5.74) is 3.74. The van der Waals surface area contributed by atoms with E-state index in [0.717, 1.165) is 33.3 Å². The van der Waals surface area contributed by atoms with Gasteiger partial charge >= 0.3 is 0 Å². The van der Waals surface area contributed by atoms with Gasteiger partial charge in [0.15, 0.2) is 0 Å². The highest BCUT2D eigenvalue weighted by Crippen LogP contribution is 2.23. The Labute approximate surface area is 171 Å². The van der Waals surface area contributed by atoms with E-state index in [1.807, 2.05) is 75.2 Å². The molecule has 1 atom stereocenters. The smallest absolute Gasteiger partial charge is 0.243 e. The summed E-state index contributed by atoms with van der Waals surface area (Å²) in [4.78, 5) is 26.8. The van der Waals surface area contributed by atoms with Crippen LogP contribution in [0.2, 0.25) is 0 Å². The highest BCUT2D eigenvalue weighted by molar-refractivity contribution is 5.97. The fourth-order valence-electron chi connectivity index (χ4n) is 3.31. The molecule has 0 radical (unpaired) electrons. The molecule has 0 aromatic heterocycles. The van der Waals surface area contributed by atoms with Crippen molar-refractivity contribution < 1.29 is 9.59 Å². The molecule has 3 aromatic rings. The minimum Gasteiger partial charge on any atom is -0.363 e. The molecule has 5 heteroatoms. The Morgan fingerprint density at radius 1 is 0.931 bits per heavy atom. The van der Waals surface area contributed by atoms with Crippen molar-refractivity contribution in [3.63, 3.8) is 0 Å². The normalized spacial score (nSPS) is 11.7. The number of aryl methyl sites for hydroxylation is 2. The number of amides is 2. The van der Waals surface area contributed by atoms with E-state index in [-0.39, 0.29) is 18.4 Å². The minimum absolute atomic E-state index is 0.0670. The van der Waals surface area contributed by atoms with Crippen molar-refractivity contribution in [1.82, 2.24) is 5.32 Å². The zero-order valence-electron chi connectivity index (χ0n) is 17.3. The molecule has 0 aliphatic carbocycles. The van der Waals surface area contributed by atoms with E-state index in [4.69, 9.17) is 0 Å². The lowest BCUT2D eigenvalue weighted by molar-refractivity contribution is -0.124. The fraction of sp³-hybridized carbons (Fsp3) is 0.250. The van der Waals surface area contributed by atoms with Gasteiger partial charge in [-0.05, 0) is 54.8 Å². The molecule has 0 aliphatic rings. The number of likely N-dealkylation sites (N-methyl/N-ethyl adjacent to an activating group) is 1. The first-order valence-electron chi connectivity index (χ1n) is 9.72. The lowest BCUT2D eigenvalue weighted by Crippen LogP contribution is -2.45. The van der Waals surface area contributed by atoms with Gasteiger partial charge in [0.05, 0.1) is 6.54 Å². The number of para-hydroxylation sites is 1. The maximum Gasteiger partial charge on any atom is 0.243 e. The SMILES string of the molecule is Cc1cccc(C)c1NC(=O)CNC(=O)[C@@H](C)N(C)c1ccc2ccccc2c1. The van der Waals surface area contributed by atoms with Gasteiger partial charge in [-0.3, -0.25) is 9.59 Å². The van der Waals surface area contributed by atoms with Gasteiger partial charge in [-0.15, -0.1) is 0 Å². The second kappa shape index (κ2) is 8.78. The van der Waals surface area contributed by atoms with Crippen LogP contribution in [0, 0.1) is 13.8 Å². The van der Waals surface area contributed by atoms with Crippen LogP contribution in [-0.4, -0.2) is 31.4 Å². The van der Waals surface area contributed by atoms with Crippen molar-refractivity contribution in [2.75, 3.05) is 23.8 Å². The van der Waals surface area contributed by atoms with Crippen molar-refractivity contribution in [3.8, 4) is 0 Å². The first-order chi connectivity index (χ1) is 13.9. The number of rotatable bonds is 6. The molecule has 2 amide bonds. The van der Waals surface area contributed by atoms with Crippen LogP contribution in [0.5, 0.6) is 0 Å². The molecule has 0 aliphatic heterocycles. The zero-order chi connectivity index (χ0) is 21.0. The largest absolute Gasteiger partial charge is 0.363 e. The topological polar surface area (TPSA) is 61.4 Å². The summed E-state index contributed by atoms with van der Waals surface area (Å²) in [5.74, 6) is -0.436. The third-order valence-electron chi connectivity index (χ3n) is 5.27. The van der Waals surface area contributed by atoms with Crippen LogP contribution in [0.25, 0.3) is 10.8 Å². The molecule has 0 heterocycles. The van der Waals surface area contributed by atoms with Gasteiger partial charge < -0.3 is 15.5 Å². The van der Waals surface area contributed by atoms with E-state index in [1.54, 1.807) is 0 Å². The molecule has 0 bridgehead atoms. The van der Waals surface area contributed by atoms with Crippen LogP contribution in [0.15, 0.2) is 60.7 Å². The first kappa shape index (κ1) is 20.4. The molecular weight excluding hydrogens is 362 g/mol. The van der Waals surface area contributed by atoms with Crippen LogP contribution < -0.4 is 15.5 Å². The molecule has 0 spiro atoms. The van der Waals surface area contributed by atoms with Crippen molar-refractivity contribution in [2.24, 2.45) is 0 Å². The molecular formula is C24H27N3O2. The first-order valence-corrected chi connectivity index (χ1v) is 9.72. The lowest BCUT2D eigenvalue weighted by atomic mass is 10.1. The molecule has 29 heavy (non-hydrogen) atoms. The standard InChI is InChI=1S/C24H27N3O2/c1-16-8-7-9-17(2)23(16)26-22(28)15-25-24(29)18(3)27(4)21-13-12-19-10-5-6-11-20(19)14-21/h5-14,18H,15H2,1-4H3,(H,25,29)(H,26,28)/t18-/m1/s1. The van der Waals surface area contributed by atoms with Crippen molar-refractivity contribution in [2.45, 2.75) is 26.8 Å². The molecule has 0 saturated heterocycles. The minimum atomic E-state index is -0.413. The lowest BCUT2D eigenvalue weighted by Gasteiger charge is -2.26. The Kier molecular flexibility index (Phi) is 6.17. The summed E-state index contributed by atoms with van der Waals surface area (Å²) in [6.07, 6.45) is 0. The third kappa shape index (κ3) is 4.74. The van der Waals surface area contributed by atoms with Gasteiger partial charge in [-0.2, -0.15) is 0 Å². The summed E-state index contributed by atoms with van der Waals surface area (Å²) < 4.78 is 0. The Bertz CT molecular complexity index is 1020. The number of carbonyl (C=O) groups is 2. The molecule has 0 unspecified atom stereocenters. The second-order valence-electron chi connectivity index (χ2n) is 7.35. The molecule has 0 fully saturated rings. The van der Waals surface area contributed by atoms with Crippen molar-refractivity contribution in [3.05, 3.63) is 71.8 Å². The van der Waals surface area contributed by atoms with Crippen LogP contribution in [-0.2, 0) is 9.59 Å². The third-order valence-corrected chi connectivity index (χ3v) is 5.27. The van der Waals surface area contributed by atoms with Crippen LogP contribution in [0.1, 0.15) is 18.1 Å². The van der Waals surface area contributed by atoms with E-state index < -0.39 is 6.04 Å². The monoisotopic (exact) mass is 389 g/mol. The number of anilines is 2. The average Bonchev–Trinajstić information content (AvgIpc) is 2.73. The van der Waals surface area contributed by atoms with Gasteiger partial charge in [-0.1, -0.05) is 48.5 Å². The number of carbonyl (C=O) groups excluding carboxylic acids is 2. The number of hydrogen-bond acceptors (Lipinski definition) is 3. The van der Waals surface area contributed by atoms with E-state index in [1.165, 1.54) is 0 Å².